The molecule has 1 saturated carbocycles. The lowest BCUT2D eigenvalue weighted by molar-refractivity contribution is 0.109. The highest BCUT2D eigenvalue weighted by Gasteiger charge is 2.21. The molecule has 1 aliphatic rings. The van der Waals surface area contributed by atoms with Crippen LogP contribution in [0.25, 0.3) is 0 Å². The van der Waals surface area contributed by atoms with Crippen molar-refractivity contribution in [3.63, 3.8) is 0 Å². The summed E-state index contributed by atoms with van der Waals surface area (Å²) in [6.45, 7) is 0.984. The highest BCUT2D eigenvalue weighted by atomic mass is 32.2. The predicted octanol–water partition coefficient (Wildman–Crippen LogP) is 1.24. The number of nitrogens with one attached hydrogen (secondary N) is 1. The Bertz CT molecular complexity index is 546. The van der Waals surface area contributed by atoms with Gasteiger partial charge >= 0.3 is 0 Å². The number of hydrogen-bond acceptors (Lipinski definition) is 5. The summed E-state index contributed by atoms with van der Waals surface area (Å²) in [5.41, 5.74) is 0. The van der Waals surface area contributed by atoms with Gasteiger partial charge in [0.2, 0.25) is 5.09 Å². The number of nitrogens with zero attached hydrogens (tertiary/aromatic N) is 1. The van der Waals surface area contributed by atoms with Crippen molar-refractivity contribution in [3.8, 4) is 0 Å². The Morgan fingerprint density at radius 3 is 2.70 bits per heavy atom. The van der Waals surface area contributed by atoms with E-state index in [2.05, 4.69) is 9.62 Å². The molecular formula is C13H20N2O4S. The van der Waals surface area contributed by atoms with Gasteiger partial charge in [-0.15, -0.1) is 0 Å². The van der Waals surface area contributed by atoms with Crippen LogP contribution in [0.1, 0.15) is 36.2 Å². The normalized spacial score (nSPS) is 16.9. The number of hydrogen-bond donors (Lipinski definition) is 1. The molecule has 0 saturated heterocycles. The Morgan fingerprint density at radius 1 is 1.40 bits per heavy atom. The van der Waals surface area contributed by atoms with Crippen molar-refractivity contribution in [2.24, 2.45) is 0 Å². The summed E-state index contributed by atoms with van der Waals surface area (Å²) in [5, 5.41) is -0.219. The quantitative estimate of drug-likeness (QED) is 0.767. The molecule has 1 N–H and O–H groups in total. The molecule has 0 amide bonds. The summed E-state index contributed by atoms with van der Waals surface area (Å²) in [4.78, 5) is 12.7. The van der Waals surface area contributed by atoms with Gasteiger partial charge in [-0.3, -0.25) is 4.79 Å². The van der Waals surface area contributed by atoms with Gasteiger partial charge in [0.1, 0.15) is 0 Å². The van der Waals surface area contributed by atoms with Crippen molar-refractivity contribution in [1.29, 1.82) is 0 Å². The molecule has 1 aromatic rings. The van der Waals surface area contributed by atoms with E-state index in [4.69, 9.17) is 4.42 Å². The van der Waals surface area contributed by atoms with Crippen LogP contribution in [0, 0.1) is 0 Å². The SMILES string of the molecule is CN(CCNS(=O)(=O)c1ccc(C=O)o1)C1CCCC1. The Hall–Kier alpha value is -1.18. The zero-order valence-corrected chi connectivity index (χ0v) is 12.4. The van der Waals surface area contributed by atoms with E-state index >= 15 is 0 Å². The third-order valence-electron chi connectivity index (χ3n) is 3.69. The first-order valence-corrected chi connectivity index (χ1v) is 8.26. The van der Waals surface area contributed by atoms with E-state index in [1.165, 1.54) is 37.8 Å². The van der Waals surface area contributed by atoms with Crippen LogP contribution in [0.5, 0.6) is 0 Å². The van der Waals surface area contributed by atoms with Gasteiger partial charge in [-0.2, -0.15) is 0 Å². The Balaban J connectivity index is 1.84. The lowest BCUT2D eigenvalue weighted by Gasteiger charge is -2.23. The summed E-state index contributed by atoms with van der Waals surface area (Å²) < 4.78 is 31.3. The number of aldehydes is 1. The highest BCUT2D eigenvalue weighted by Crippen LogP contribution is 2.21. The molecule has 1 aliphatic carbocycles. The molecular weight excluding hydrogens is 280 g/mol. The topological polar surface area (TPSA) is 79.6 Å². The van der Waals surface area contributed by atoms with Crippen LogP contribution in [-0.2, 0) is 10.0 Å². The maximum absolute atomic E-state index is 11.9. The van der Waals surface area contributed by atoms with Crippen molar-refractivity contribution < 1.29 is 17.6 Å². The van der Waals surface area contributed by atoms with Gasteiger partial charge in [-0.1, -0.05) is 12.8 Å². The van der Waals surface area contributed by atoms with E-state index in [9.17, 15) is 13.2 Å². The summed E-state index contributed by atoms with van der Waals surface area (Å²) in [7, 11) is -1.66. The van der Waals surface area contributed by atoms with Gasteiger partial charge in [-0.05, 0) is 32.0 Å². The van der Waals surface area contributed by atoms with Gasteiger partial charge in [-0.25, -0.2) is 13.1 Å². The number of carbonyl (C=O) groups excluding carboxylic acids is 1. The van der Waals surface area contributed by atoms with E-state index in [1.54, 1.807) is 0 Å². The van der Waals surface area contributed by atoms with E-state index in [-0.39, 0.29) is 10.9 Å². The Kier molecular flexibility index (Phi) is 4.95. The Morgan fingerprint density at radius 2 is 2.10 bits per heavy atom. The van der Waals surface area contributed by atoms with Gasteiger partial charge in [0, 0.05) is 19.1 Å². The van der Waals surface area contributed by atoms with Crippen molar-refractivity contribution in [3.05, 3.63) is 17.9 Å². The smallest absolute Gasteiger partial charge is 0.274 e. The molecule has 1 fully saturated rings. The second kappa shape index (κ2) is 6.51. The second-order valence-corrected chi connectivity index (χ2v) is 6.79. The van der Waals surface area contributed by atoms with E-state index in [0.29, 0.717) is 25.4 Å². The molecule has 0 aliphatic heterocycles. The maximum Gasteiger partial charge on any atom is 0.274 e. The lowest BCUT2D eigenvalue weighted by Crippen LogP contribution is -2.37. The van der Waals surface area contributed by atoms with Gasteiger partial charge in [0.15, 0.2) is 12.0 Å². The molecule has 1 heterocycles. The number of likely N-dealkylation sites (N-methyl/N-ethyl adjacent to an activating group) is 1. The van der Waals surface area contributed by atoms with Gasteiger partial charge in [0.25, 0.3) is 10.0 Å². The van der Waals surface area contributed by atoms with Crippen molar-refractivity contribution in [1.82, 2.24) is 9.62 Å². The molecule has 2 rings (SSSR count). The zero-order chi connectivity index (χ0) is 14.6. The van der Waals surface area contributed by atoms with Gasteiger partial charge in [0.05, 0.1) is 0 Å². The van der Waals surface area contributed by atoms with E-state index in [1.807, 2.05) is 7.05 Å². The lowest BCUT2D eigenvalue weighted by atomic mass is 10.2. The minimum atomic E-state index is -3.67. The fourth-order valence-corrected chi connectivity index (χ4v) is 3.45. The predicted molar refractivity (Wildman–Crippen MR) is 74.2 cm³/mol. The van der Waals surface area contributed by atoms with E-state index in [0.717, 1.165) is 0 Å². The third-order valence-corrected chi connectivity index (χ3v) is 5.02. The largest absolute Gasteiger partial charge is 0.440 e. The fourth-order valence-electron chi connectivity index (χ4n) is 2.50. The van der Waals surface area contributed by atoms with Crippen molar-refractivity contribution >= 4 is 16.3 Å². The molecule has 0 atom stereocenters. The number of carbonyl (C=O) groups is 1. The van der Waals surface area contributed by atoms with Crippen LogP contribution in [0.2, 0.25) is 0 Å². The second-order valence-electron chi connectivity index (χ2n) is 5.09. The average Bonchev–Trinajstić information content (AvgIpc) is 3.10. The number of furan rings is 1. The first kappa shape index (κ1) is 15.2. The van der Waals surface area contributed by atoms with Crippen LogP contribution in [0.4, 0.5) is 0 Å². The standard InChI is InChI=1S/C13H20N2O4S/c1-15(11-4-2-3-5-11)9-8-14-20(17,18)13-7-6-12(10-16)19-13/h6-7,10-11,14H,2-5,8-9H2,1H3. The van der Waals surface area contributed by atoms with Crippen LogP contribution in [0.3, 0.4) is 0 Å². The molecule has 0 radical (unpaired) electrons. The summed E-state index contributed by atoms with van der Waals surface area (Å²) in [6, 6.07) is 3.18. The first-order valence-electron chi connectivity index (χ1n) is 6.78. The molecule has 112 valence electrons. The van der Waals surface area contributed by atoms with Crippen molar-refractivity contribution in [2.75, 3.05) is 20.1 Å². The summed E-state index contributed by atoms with van der Waals surface area (Å²) in [6.07, 6.45) is 5.35. The fraction of sp³-hybridized carbons (Fsp3) is 0.615. The molecule has 1 aromatic heterocycles. The van der Waals surface area contributed by atoms with Gasteiger partial charge < -0.3 is 9.32 Å². The molecule has 20 heavy (non-hydrogen) atoms. The molecule has 0 bridgehead atoms. The molecule has 0 spiro atoms. The van der Waals surface area contributed by atoms with Crippen LogP contribution in [-0.4, -0.2) is 45.8 Å². The van der Waals surface area contributed by atoms with Crippen LogP contribution < -0.4 is 4.72 Å². The van der Waals surface area contributed by atoms with E-state index < -0.39 is 10.0 Å². The average molecular weight is 300 g/mol. The van der Waals surface area contributed by atoms with Crippen LogP contribution >= 0.6 is 0 Å². The highest BCUT2D eigenvalue weighted by molar-refractivity contribution is 7.89. The van der Waals surface area contributed by atoms with Crippen molar-refractivity contribution in [2.45, 2.75) is 36.8 Å². The Labute approximate surface area is 119 Å². The third kappa shape index (κ3) is 3.68. The number of sulfonamides is 1. The summed E-state index contributed by atoms with van der Waals surface area (Å²) >= 11 is 0. The molecule has 6 nitrogen and oxygen atoms in total. The number of rotatable bonds is 7. The minimum Gasteiger partial charge on any atom is -0.440 e. The zero-order valence-electron chi connectivity index (χ0n) is 11.5. The summed E-state index contributed by atoms with van der Waals surface area (Å²) in [5.74, 6) is 0.00782. The maximum atomic E-state index is 11.9. The molecule has 7 heteroatoms. The minimum absolute atomic E-state index is 0.00782. The first-order chi connectivity index (χ1) is 9.53. The monoisotopic (exact) mass is 300 g/mol. The van der Waals surface area contributed by atoms with Crippen LogP contribution in [0.15, 0.2) is 21.6 Å². The molecule has 0 aromatic carbocycles. The molecule has 0 unspecified atom stereocenters.